The third-order valence-electron chi connectivity index (χ3n) is 8.12. The van der Waals surface area contributed by atoms with Crippen LogP contribution in [0.15, 0.2) is 18.2 Å². The van der Waals surface area contributed by atoms with Gasteiger partial charge >= 0.3 is 5.97 Å². The predicted octanol–water partition coefficient (Wildman–Crippen LogP) is 3.15. The molecular weight excluding hydrogens is 316 g/mol. The molecule has 5 rings (SSSR count). The van der Waals surface area contributed by atoms with E-state index in [4.69, 9.17) is 4.74 Å². The fourth-order valence-electron chi connectivity index (χ4n) is 6.94. The van der Waals surface area contributed by atoms with E-state index in [0.29, 0.717) is 29.4 Å². The van der Waals surface area contributed by atoms with Gasteiger partial charge in [0, 0.05) is 5.41 Å². The molecule has 1 aromatic rings. The second-order valence-corrected chi connectivity index (χ2v) is 9.13. The fourth-order valence-corrected chi connectivity index (χ4v) is 6.94. The molecule has 1 heterocycles. The Hall–Kier alpha value is -1.55. The number of phenols is 1. The lowest BCUT2D eigenvalue weighted by Gasteiger charge is -2.54. The van der Waals surface area contributed by atoms with E-state index in [1.54, 1.807) is 6.07 Å². The molecule has 4 heteroatoms. The highest BCUT2D eigenvalue weighted by molar-refractivity contribution is 5.74. The van der Waals surface area contributed by atoms with Crippen LogP contribution in [0.5, 0.6) is 5.75 Å². The molecule has 0 radical (unpaired) electrons. The molecule has 134 valence electrons. The highest BCUT2D eigenvalue weighted by atomic mass is 16.6. The van der Waals surface area contributed by atoms with E-state index in [0.717, 1.165) is 25.7 Å². The number of carbonyl (C=O) groups is 1. The van der Waals surface area contributed by atoms with E-state index in [9.17, 15) is 15.0 Å². The molecule has 1 unspecified atom stereocenters. The highest BCUT2D eigenvalue weighted by Crippen LogP contribution is 2.67. The van der Waals surface area contributed by atoms with Gasteiger partial charge in [-0.1, -0.05) is 19.9 Å². The minimum atomic E-state index is -0.991. The number of rotatable bonds is 0. The van der Waals surface area contributed by atoms with E-state index in [1.807, 2.05) is 6.07 Å². The topological polar surface area (TPSA) is 66.8 Å². The zero-order valence-electron chi connectivity index (χ0n) is 14.9. The Labute approximate surface area is 148 Å². The third kappa shape index (κ3) is 1.84. The van der Waals surface area contributed by atoms with Crippen molar-refractivity contribution in [2.45, 2.75) is 63.6 Å². The lowest BCUT2D eigenvalue weighted by atomic mass is 9.51. The number of carbonyl (C=O) groups excluding carboxylic acids is 1. The van der Waals surface area contributed by atoms with Crippen molar-refractivity contribution in [1.29, 1.82) is 0 Å². The van der Waals surface area contributed by atoms with Crippen LogP contribution in [0.25, 0.3) is 0 Å². The summed E-state index contributed by atoms with van der Waals surface area (Å²) in [5.41, 5.74) is 1.42. The summed E-state index contributed by atoms with van der Waals surface area (Å²) < 4.78 is 5.52. The minimum absolute atomic E-state index is 0.154. The first kappa shape index (κ1) is 15.7. The molecule has 1 saturated heterocycles. The summed E-state index contributed by atoms with van der Waals surface area (Å²) in [7, 11) is 0. The number of aromatic hydroxyl groups is 1. The van der Waals surface area contributed by atoms with Crippen molar-refractivity contribution in [3.8, 4) is 5.75 Å². The number of hydrogen-bond acceptors (Lipinski definition) is 4. The molecule has 2 saturated carbocycles. The maximum atomic E-state index is 11.8. The number of phenolic OH excluding ortho intramolecular Hbond substituents is 1. The van der Waals surface area contributed by atoms with Crippen LogP contribution in [0, 0.1) is 23.2 Å². The summed E-state index contributed by atoms with van der Waals surface area (Å²) in [5, 5.41) is 21.2. The second kappa shape index (κ2) is 4.79. The van der Waals surface area contributed by atoms with Gasteiger partial charge in [-0.2, -0.15) is 0 Å². The summed E-state index contributed by atoms with van der Waals surface area (Å²) in [6.07, 6.45) is 3.54. The van der Waals surface area contributed by atoms with Gasteiger partial charge in [-0.15, -0.1) is 0 Å². The SMILES string of the molecule is C[C@@H]1Cc2cc(O)ccc2[C@H]2CC[C@@]3(C)[C@@H](CC4OC(=O)C[C@@]43O)[C@H]12. The first-order valence-corrected chi connectivity index (χ1v) is 9.57. The van der Waals surface area contributed by atoms with E-state index < -0.39 is 5.60 Å². The zero-order valence-corrected chi connectivity index (χ0v) is 14.9. The monoisotopic (exact) mass is 342 g/mol. The maximum absolute atomic E-state index is 11.8. The van der Waals surface area contributed by atoms with Crippen molar-refractivity contribution in [3.05, 3.63) is 29.3 Å². The highest BCUT2D eigenvalue weighted by Gasteiger charge is 2.70. The van der Waals surface area contributed by atoms with Crippen molar-refractivity contribution in [3.63, 3.8) is 0 Å². The lowest BCUT2D eigenvalue weighted by Crippen LogP contribution is -2.53. The van der Waals surface area contributed by atoms with Crippen LogP contribution in [-0.4, -0.2) is 27.9 Å². The number of benzene rings is 1. The van der Waals surface area contributed by atoms with Crippen LogP contribution in [-0.2, 0) is 16.0 Å². The summed E-state index contributed by atoms with van der Waals surface area (Å²) in [5.74, 6) is 1.97. The van der Waals surface area contributed by atoms with Crippen LogP contribution in [0.1, 0.15) is 56.6 Å². The smallest absolute Gasteiger partial charge is 0.309 e. The van der Waals surface area contributed by atoms with Gasteiger partial charge in [0.1, 0.15) is 17.5 Å². The second-order valence-electron chi connectivity index (χ2n) is 9.13. The third-order valence-corrected chi connectivity index (χ3v) is 8.12. The number of ether oxygens (including phenoxy) is 1. The molecule has 0 aromatic heterocycles. The van der Waals surface area contributed by atoms with Crippen molar-refractivity contribution in [2.75, 3.05) is 0 Å². The standard InChI is InChI=1S/C21H26O4/c1-11-7-12-8-13(22)3-4-14(12)15-5-6-20(2)16(19(11)15)9-17-21(20,24)10-18(23)25-17/h3-4,8,11,15-17,19,22,24H,5-7,9-10H2,1-2H3/t11-,15-,16+,17?,19-,20+,21-/m1/s1. The van der Waals surface area contributed by atoms with Gasteiger partial charge in [-0.25, -0.2) is 0 Å². The molecule has 2 N–H and O–H groups in total. The predicted molar refractivity (Wildman–Crippen MR) is 92.1 cm³/mol. The molecule has 3 aliphatic carbocycles. The Morgan fingerprint density at radius 2 is 2.12 bits per heavy atom. The Morgan fingerprint density at radius 3 is 2.92 bits per heavy atom. The van der Waals surface area contributed by atoms with Gasteiger partial charge in [0.2, 0.25) is 0 Å². The molecular formula is C21H26O4. The Morgan fingerprint density at radius 1 is 1.32 bits per heavy atom. The van der Waals surface area contributed by atoms with Gasteiger partial charge in [0.05, 0.1) is 6.42 Å². The maximum Gasteiger partial charge on any atom is 0.309 e. The molecule has 0 bridgehead atoms. The molecule has 0 spiro atoms. The van der Waals surface area contributed by atoms with Gasteiger partial charge in [0.25, 0.3) is 0 Å². The number of aliphatic hydroxyl groups is 1. The van der Waals surface area contributed by atoms with Gasteiger partial charge in [0.15, 0.2) is 0 Å². The van der Waals surface area contributed by atoms with Crippen molar-refractivity contribution in [2.24, 2.45) is 23.2 Å². The van der Waals surface area contributed by atoms with E-state index in [-0.39, 0.29) is 23.9 Å². The number of esters is 1. The van der Waals surface area contributed by atoms with Crippen LogP contribution in [0.3, 0.4) is 0 Å². The normalized spacial score (nSPS) is 47.5. The molecule has 4 nitrogen and oxygen atoms in total. The van der Waals surface area contributed by atoms with E-state index >= 15 is 0 Å². The van der Waals surface area contributed by atoms with Gasteiger partial charge in [-0.05, 0) is 72.6 Å². The summed E-state index contributed by atoms with van der Waals surface area (Å²) in [6.45, 7) is 4.50. The molecule has 1 aliphatic heterocycles. The zero-order chi connectivity index (χ0) is 17.6. The summed E-state index contributed by atoms with van der Waals surface area (Å²) in [4.78, 5) is 11.8. The van der Waals surface area contributed by atoms with Crippen molar-refractivity contribution in [1.82, 2.24) is 0 Å². The molecule has 3 fully saturated rings. The van der Waals surface area contributed by atoms with Crippen LogP contribution < -0.4 is 0 Å². The Balaban J connectivity index is 1.57. The Bertz CT molecular complexity index is 758. The lowest BCUT2D eigenvalue weighted by molar-refractivity contribution is -0.142. The minimum Gasteiger partial charge on any atom is -0.508 e. The first-order valence-electron chi connectivity index (χ1n) is 9.57. The average molecular weight is 342 g/mol. The fraction of sp³-hybridized carbons (Fsp3) is 0.667. The van der Waals surface area contributed by atoms with Crippen molar-refractivity contribution < 1.29 is 19.7 Å². The molecule has 7 atom stereocenters. The molecule has 25 heavy (non-hydrogen) atoms. The molecule has 4 aliphatic rings. The van der Waals surface area contributed by atoms with E-state index in [2.05, 4.69) is 19.9 Å². The molecule has 1 aromatic carbocycles. The van der Waals surface area contributed by atoms with Crippen molar-refractivity contribution >= 4 is 5.97 Å². The number of fused-ring (bicyclic) bond motifs is 7. The average Bonchev–Trinajstić information content (AvgIpc) is 2.94. The van der Waals surface area contributed by atoms with Crippen LogP contribution in [0.2, 0.25) is 0 Å². The van der Waals surface area contributed by atoms with Gasteiger partial charge in [-0.3, -0.25) is 4.79 Å². The quantitative estimate of drug-likeness (QED) is 0.711. The van der Waals surface area contributed by atoms with E-state index in [1.165, 1.54) is 11.1 Å². The summed E-state index contributed by atoms with van der Waals surface area (Å²) >= 11 is 0. The largest absolute Gasteiger partial charge is 0.508 e. The number of hydrogen-bond donors (Lipinski definition) is 2. The van der Waals surface area contributed by atoms with Gasteiger partial charge < -0.3 is 14.9 Å². The Kier molecular flexibility index (Phi) is 3.00. The summed E-state index contributed by atoms with van der Waals surface area (Å²) in [6, 6.07) is 5.83. The molecule has 0 amide bonds. The van der Waals surface area contributed by atoms with Crippen LogP contribution >= 0.6 is 0 Å². The van der Waals surface area contributed by atoms with Crippen LogP contribution in [0.4, 0.5) is 0 Å². The first-order chi connectivity index (χ1) is 11.8.